The third-order valence-corrected chi connectivity index (χ3v) is 5.71. The summed E-state index contributed by atoms with van der Waals surface area (Å²) < 4.78 is 24.2. The van der Waals surface area contributed by atoms with Gasteiger partial charge in [0.15, 0.2) is 11.9 Å². The molecule has 8 heteroatoms. The Balaban J connectivity index is 1.69. The van der Waals surface area contributed by atoms with Crippen molar-refractivity contribution < 1.29 is 9.13 Å². The van der Waals surface area contributed by atoms with E-state index in [4.69, 9.17) is 4.74 Å². The van der Waals surface area contributed by atoms with E-state index in [9.17, 15) is 4.39 Å². The molecule has 0 radical (unpaired) electrons. The molecule has 1 fully saturated rings. The Kier molecular flexibility index (Phi) is 3.52. The Morgan fingerprint density at radius 2 is 2.14 bits per heavy atom. The van der Waals surface area contributed by atoms with E-state index in [1.165, 1.54) is 6.07 Å². The van der Waals surface area contributed by atoms with Gasteiger partial charge in [-0.3, -0.25) is 0 Å². The second-order valence-electron chi connectivity index (χ2n) is 7.50. The van der Waals surface area contributed by atoms with Crippen molar-refractivity contribution >= 4 is 33.1 Å². The van der Waals surface area contributed by atoms with Gasteiger partial charge in [0, 0.05) is 12.0 Å². The first-order valence-corrected chi connectivity index (χ1v) is 9.80. The molecule has 1 N–H and O–H groups in total. The second-order valence-corrected chi connectivity index (χ2v) is 7.50. The second kappa shape index (κ2) is 6.12. The summed E-state index contributed by atoms with van der Waals surface area (Å²) in [6.07, 6.45) is 6.40. The Hall–Kier alpha value is -3.26. The number of aromatic amines is 1. The van der Waals surface area contributed by atoms with Crippen molar-refractivity contribution in [1.82, 2.24) is 29.3 Å². The van der Waals surface area contributed by atoms with E-state index in [0.717, 1.165) is 70.4 Å². The van der Waals surface area contributed by atoms with Crippen LogP contribution in [-0.2, 0) is 4.74 Å². The normalized spacial score (nSPS) is 17.7. The lowest BCUT2D eigenvalue weighted by molar-refractivity contribution is -0.0365. The summed E-state index contributed by atoms with van der Waals surface area (Å²) >= 11 is 0. The molecule has 4 aromatic heterocycles. The van der Waals surface area contributed by atoms with E-state index in [0.29, 0.717) is 0 Å². The van der Waals surface area contributed by atoms with Crippen molar-refractivity contribution in [3.05, 3.63) is 48.3 Å². The predicted octanol–water partition coefficient (Wildman–Crippen LogP) is 4.40. The molecule has 29 heavy (non-hydrogen) atoms. The van der Waals surface area contributed by atoms with Crippen molar-refractivity contribution in [3.8, 4) is 5.69 Å². The van der Waals surface area contributed by atoms with Crippen LogP contribution in [0.1, 0.15) is 31.2 Å². The van der Waals surface area contributed by atoms with Crippen molar-refractivity contribution in [2.24, 2.45) is 0 Å². The van der Waals surface area contributed by atoms with Gasteiger partial charge in [-0.25, -0.2) is 19.0 Å². The molecule has 0 aliphatic carbocycles. The molecule has 5 heterocycles. The molecule has 5 aromatic rings. The van der Waals surface area contributed by atoms with Gasteiger partial charge in [0.2, 0.25) is 0 Å². The minimum Gasteiger partial charge on any atom is -0.356 e. The fourth-order valence-electron chi connectivity index (χ4n) is 4.37. The molecule has 1 atom stereocenters. The van der Waals surface area contributed by atoms with Crippen LogP contribution in [0.4, 0.5) is 4.39 Å². The maximum Gasteiger partial charge on any atom is 0.157 e. The van der Waals surface area contributed by atoms with Gasteiger partial charge in [-0.1, -0.05) is 0 Å². The molecule has 1 aliphatic heterocycles. The third kappa shape index (κ3) is 2.42. The molecular weight excluding hydrogens is 371 g/mol. The Morgan fingerprint density at radius 3 is 3.00 bits per heavy atom. The van der Waals surface area contributed by atoms with Crippen LogP contribution in [0.5, 0.6) is 0 Å². The highest BCUT2D eigenvalue weighted by Crippen LogP contribution is 2.36. The van der Waals surface area contributed by atoms with Crippen LogP contribution in [0.15, 0.2) is 36.8 Å². The highest BCUT2D eigenvalue weighted by Gasteiger charge is 2.24. The van der Waals surface area contributed by atoms with Crippen LogP contribution >= 0.6 is 0 Å². The summed E-state index contributed by atoms with van der Waals surface area (Å²) in [5, 5.41) is 5.45. The van der Waals surface area contributed by atoms with Crippen molar-refractivity contribution in [1.29, 1.82) is 0 Å². The molecule has 1 unspecified atom stereocenters. The number of imidazole rings is 1. The van der Waals surface area contributed by atoms with Gasteiger partial charge >= 0.3 is 0 Å². The Morgan fingerprint density at radius 1 is 1.21 bits per heavy atom. The monoisotopic (exact) mass is 390 g/mol. The molecule has 0 saturated carbocycles. The third-order valence-electron chi connectivity index (χ3n) is 5.71. The maximum atomic E-state index is 14.2. The van der Waals surface area contributed by atoms with Gasteiger partial charge in [0.05, 0.1) is 40.5 Å². The zero-order valence-electron chi connectivity index (χ0n) is 15.9. The number of hydrogen-bond donors (Lipinski definition) is 1. The molecule has 146 valence electrons. The lowest BCUT2D eigenvalue weighted by Gasteiger charge is -2.23. The topological polar surface area (TPSA) is 73.5 Å². The number of fused-ring (bicyclic) bond motifs is 4. The number of nitrogens with zero attached hydrogens (tertiary/aromatic N) is 5. The molecule has 0 amide bonds. The minimum absolute atomic E-state index is 0.128. The van der Waals surface area contributed by atoms with Crippen molar-refractivity contribution in [3.63, 3.8) is 0 Å². The summed E-state index contributed by atoms with van der Waals surface area (Å²) in [5.41, 5.74) is 5.98. The highest BCUT2D eigenvalue weighted by atomic mass is 19.1. The number of pyridine rings is 1. The van der Waals surface area contributed by atoms with Gasteiger partial charge < -0.3 is 14.3 Å². The molecule has 7 nitrogen and oxygen atoms in total. The molecule has 1 aliphatic rings. The number of H-pyrrole nitrogens is 1. The van der Waals surface area contributed by atoms with Crippen molar-refractivity contribution in [2.75, 3.05) is 6.61 Å². The largest absolute Gasteiger partial charge is 0.356 e. The number of benzene rings is 1. The highest BCUT2D eigenvalue weighted by molar-refractivity contribution is 6.07. The molecule has 0 bridgehead atoms. The van der Waals surface area contributed by atoms with Gasteiger partial charge in [0.25, 0.3) is 0 Å². The van der Waals surface area contributed by atoms with E-state index in [-0.39, 0.29) is 12.0 Å². The zero-order valence-corrected chi connectivity index (χ0v) is 15.9. The van der Waals surface area contributed by atoms with E-state index in [1.54, 1.807) is 12.4 Å². The van der Waals surface area contributed by atoms with Gasteiger partial charge in [-0.15, -0.1) is 0 Å². The smallest absolute Gasteiger partial charge is 0.157 e. The quantitative estimate of drug-likeness (QED) is 0.485. The Labute approximate surface area is 165 Å². The van der Waals surface area contributed by atoms with Crippen LogP contribution in [0.3, 0.4) is 0 Å². The van der Waals surface area contributed by atoms with Crippen molar-refractivity contribution in [2.45, 2.75) is 32.4 Å². The van der Waals surface area contributed by atoms with E-state index >= 15 is 0 Å². The maximum absolute atomic E-state index is 14.2. The fraction of sp³-hybridized carbons (Fsp3) is 0.286. The number of halogens is 1. The van der Waals surface area contributed by atoms with Crippen LogP contribution in [-0.4, -0.2) is 35.9 Å². The molecule has 0 spiro atoms. The summed E-state index contributed by atoms with van der Waals surface area (Å²) in [5.74, 6) is -0.272. The fourth-order valence-corrected chi connectivity index (χ4v) is 4.37. The first-order chi connectivity index (χ1) is 14.2. The number of aromatic nitrogens is 6. The predicted molar refractivity (Wildman–Crippen MR) is 108 cm³/mol. The first kappa shape index (κ1) is 16.7. The zero-order chi connectivity index (χ0) is 19.5. The number of nitrogens with one attached hydrogen (secondary N) is 1. The first-order valence-electron chi connectivity index (χ1n) is 9.80. The number of hydrogen-bond acceptors (Lipinski definition) is 4. The van der Waals surface area contributed by atoms with Crippen LogP contribution in [0, 0.1) is 12.7 Å². The lowest BCUT2D eigenvalue weighted by Crippen LogP contribution is -2.18. The SMILES string of the molecule is Cc1nc2[nH]cnc2cc1-n1c2ccc(F)cc2c2c1cnn2C1CCCCO1. The average molecular weight is 390 g/mol. The molecule has 1 aromatic carbocycles. The molecule has 6 rings (SSSR count). The molecular formula is C21H19FN6O. The number of aryl methyl sites for hydroxylation is 1. The summed E-state index contributed by atoms with van der Waals surface area (Å²) in [7, 11) is 0. The standard InChI is InChI=1S/C21H19FN6O/c1-12-17(9-15-21(26-12)24-11-23-15)27-16-6-5-13(22)8-14(16)20-18(27)10-25-28(20)19-4-2-3-7-29-19/h5-6,8-11,19H,2-4,7H2,1H3,(H,23,24,26). The molecule has 1 saturated heterocycles. The summed E-state index contributed by atoms with van der Waals surface area (Å²) in [6, 6.07) is 6.88. The van der Waals surface area contributed by atoms with E-state index < -0.39 is 0 Å². The van der Waals surface area contributed by atoms with Gasteiger partial charge in [0.1, 0.15) is 11.3 Å². The number of ether oxygens (including phenoxy) is 1. The lowest BCUT2D eigenvalue weighted by atomic mass is 10.2. The van der Waals surface area contributed by atoms with Crippen LogP contribution in [0.2, 0.25) is 0 Å². The van der Waals surface area contributed by atoms with E-state index in [1.807, 2.05) is 29.9 Å². The van der Waals surface area contributed by atoms with Crippen LogP contribution < -0.4 is 0 Å². The summed E-state index contributed by atoms with van der Waals surface area (Å²) in [4.78, 5) is 12.1. The van der Waals surface area contributed by atoms with Gasteiger partial charge in [-0.05, 0) is 50.5 Å². The van der Waals surface area contributed by atoms with Crippen LogP contribution in [0.25, 0.3) is 38.8 Å². The number of rotatable bonds is 2. The average Bonchev–Trinajstić information content (AvgIpc) is 3.42. The Bertz CT molecular complexity index is 1370. The summed E-state index contributed by atoms with van der Waals surface area (Å²) in [6.45, 7) is 2.68. The van der Waals surface area contributed by atoms with E-state index in [2.05, 4.69) is 24.6 Å². The minimum atomic E-state index is -0.272. The van der Waals surface area contributed by atoms with Gasteiger partial charge in [-0.2, -0.15) is 5.10 Å².